The molecule has 0 aliphatic heterocycles. The van der Waals surface area contributed by atoms with Gasteiger partial charge in [0.15, 0.2) is 0 Å². The molecule has 160 valence electrons. The van der Waals surface area contributed by atoms with Gasteiger partial charge in [0, 0.05) is 0 Å². The fourth-order valence-corrected chi connectivity index (χ4v) is 3.60. The van der Waals surface area contributed by atoms with Crippen molar-refractivity contribution in [3.05, 3.63) is 29.8 Å². The van der Waals surface area contributed by atoms with E-state index in [0.29, 0.717) is 12.4 Å². The van der Waals surface area contributed by atoms with Gasteiger partial charge in [0.2, 0.25) is 0 Å². The largest absolute Gasteiger partial charge is 0.493 e. The Kier molecular flexibility index (Phi) is 15.4. The van der Waals surface area contributed by atoms with E-state index in [9.17, 15) is 4.79 Å². The van der Waals surface area contributed by atoms with Gasteiger partial charge in [-0.05, 0) is 18.6 Å². The van der Waals surface area contributed by atoms with Gasteiger partial charge >= 0.3 is 5.97 Å². The minimum absolute atomic E-state index is 0.249. The second-order valence-corrected chi connectivity index (χ2v) is 7.95. The van der Waals surface area contributed by atoms with Crippen molar-refractivity contribution in [2.45, 2.75) is 110 Å². The minimum atomic E-state index is -0.928. The van der Waals surface area contributed by atoms with Gasteiger partial charge in [0.25, 0.3) is 0 Å². The zero-order valence-corrected chi connectivity index (χ0v) is 18.1. The van der Waals surface area contributed by atoms with E-state index in [4.69, 9.17) is 9.84 Å². The minimum Gasteiger partial charge on any atom is -0.493 e. The van der Waals surface area contributed by atoms with Crippen LogP contribution in [0.5, 0.6) is 5.75 Å². The summed E-state index contributed by atoms with van der Waals surface area (Å²) in [5.74, 6) is -0.446. The number of benzene rings is 1. The number of carboxylic acid groups (broad SMARTS) is 1. The van der Waals surface area contributed by atoms with Crippen molar-refractivity contribution in [2.24, 2.45) is 0 Å². The van der Waals surface area contributed by atoms with E-state index < -0.39 is 5.97 Å². The highest BCUT2D eigenvalue weighted by Crippen LogP contribution is 2.18. The Balaban J connectivity index is 1.83. The van der Waals surface area contributed by atoms with Gasteiger partial charge in [0.1, 0.15) is 11.3 Å². The molecular weight excluding hydrogens is 348 g/mol. The first-order valence-electron chi connectivity index (χ1n) is 11.7. The van der Waals surface area contributed by atoms with Gasteiger partial charge in [-0.1, -0.05) is 115 Å². The second-order valence-electron chi connectivity index (χ2n) is 7.95. The standard InChI is InChI=1S/C25H42O3/c1-2-3-4-5-6-7-8-9-10-11-12-13-14-15-16-19-22-28-24-21-18-17-20-23(24)25(26)27/h17-18,20-21H,2-16,19,22H2,1H3,(H,26,27). The highest BCUT2D eigenvalue weighted by molar-refractivity contribution is 5.90. The van der Waals surface area contributed by atoms with Gasteiger partial charge in [-0.2, -0.15) is 0 Å². The number of unbranched alkanes of at least 4 members (excludes halogenated alkanes) is 15. The molecule has 0 fully saturated rings. The number of carbonyl (C=O) groups is 1. The first-order valence-corrected chi connectivity index (χ1v) is 11.7. The highest BCUT2D eigenvalue weighted by atomic mass is 16.5. The van der Waals surface area contributed by atoms with E-state index in [2.05, 4.69) is 6.92 Å². The summed E-state index contributed by atoms with van der Waals surface area (Å²) in [5, 5.41) is 9.13. The summed E-state index contributed by atoms with van der Waals surface area (Å²) in [6, 6.07) is 6.86. The number of ether oxygens (including phenoxy) is 1. The normalized spacial score (nSPS) is 10.9. The number of rotatable bonds is 19. The van der Waals surface area contributed by atoms with Crippen molar-refractivity contribution < 1.29 is 14.6 Å². The molecular formula is C25H42O3. The Labute approximate surface area is 172 Å². The molecule has 0 saturated carbocycles. The van der Waals surface area contributed by atoms with Crippen molar-refractivity contribution >= 4 is 5.97 Å². The van der Waals surface area contributed by atoms with Crippen LogP contribution in [-0.2, 0) is 0 Å². The first kappa shape index (κ1) is 24.5. The van der Waals surface area contributed by atoms with Crippen LogP contribution in [0.3, 0.4) is 0 Å². The number of para-hydroxylation sites is 1. The summed E-state index contributed by atoms with van der Waals surface area (Å²) >= 11 is 0. The molecule has 3 nitrogen and oxygen atoms in total. The lowest BCUT2D eigenvalue weighted by molar-refractivity contribution is 0.0692. The summed E-state index contributed by atoms with van der Waals surface area (Å²) in [7, 11) is 0. The molecule has 28 heavy (non-hydrogen) atoms. The number of hydrogen-bond donors (Lipinski definition) is 1. The van der Waals surface area contributed by atoms with Crippen molar-refractivity contribution in [3.8, 4) is 5.75 Å². The van der Waals surface area contributed by atoms with E-state index in [0.717, 1.165) is 12.8 Å². The third-order valence-electron chi connectivity index (χ3n) is 5.37. The average molecular weight is 391 g/mol. The highest BCUT2D eigenvalue weighted by Gasteiger charge is 2.09. The fourth-order valence-electron chi connectivity index (χ4n) is 3.60. The van der Waals surface area contributed by atoms with Crippen LogP contribution >= 0.6 is 0 Å². The van der Waals surface area contributed by atoms with Crippen LogP contribution in [-0.4, -0.2) is 17.7 Å². The van der Waals surface area contributed by atoms with E-state index >= 15 is 0 Å². The molecule has 0 spiro atoms. The molecule has 0 atom stereocenters. The molecule has 3 heteroatoms. The third-order valence-corrected chi connectivity index (χ3v) is 5.37. The Morgan fingerprint density at radius 1 is 0.714 bits per heavy atom. The first-order chi connectivity index (χ1) is 13.8. The Morgan fingerprint density at radius 2 is 1.14 bits per heavy atom. The maximum absolute atomic E-state index is 11.1. The molecule has 0 saturated heterocycles. The van der Waals surface area contributed by atoms with Crippen LogP contribution < -0.4 is 4.74 Å². The van der Waals surface area contributed by atoms with Gasteiger partial charge in [-0.25, -0.2) is 4.79 Å². The number of aromatic carboxylic acids is 1. The number of hydrogen-bond acceptors (Lipinski definition) is 2. The third kappa shape index (κ3) is 12.8. The van der Waals surface area contributed by atoms with Crippen molar-refractivity contribution in [3.63, 3.8) is 0 Å². The van der Waals surface area contributed by atoms with E-state index in [1.165, 1.54) is 89.9 Å². The van der Waals surface area contributed by atoms with E-state index in [1.807, 2.05) is 6.07 Å². The molecule has 0 aliphatic rings. The molecule has 1 aromatic rings. The molecule has 0 bridgehead atoms. The molecule has 0 radical (unpaired) electrons. The molecule has 1 aromatic carbocycles. The second kappa shape index (κ2) is 17.6. The lowest BCUT2D eigenvalue weighted by Gasteiger charge is -2.08. The molecule has 0 aromatic heterocycles. The van der Waals surface area contributed by atoms with Gasteiger partial charge in [-0.3, -0.25) is 0 Å². The summed E-state index contributed by atoms with van der Waals surface area (Å²) < 4.78 is 5.64. The van der Waals surface area contributed by atoms with Crippen LogP contribution in [0.25, 0.3) is 0 Å². The molecule has 0 amide bonds. The molecule has 0 unspecified atom stereocenters. The summed E-state index contributed by atoms with van der Waals surface area (Å²) in [6.07, 6.45) is 21.6. The van der Waals surface area contributed by atoms with E-state index in [-0.39, 0.29) is 5.56 Å². The number of carboxylic acids is 1. The zero-order chi connectivity index (χ0) is 20.3. The van der Waals surface area contributed by atoms with E-state index in [1.54, 1.807) is 18.2 Å². The predicted octanol–water partition coefficient (Wildman–Crippen LogP) is 8.03. The molecule has 0 heterocycles. The SMILES string of the molecule is CCCCCCCCCCCCCCCCCCOc1ccccc1C(=O)O. The Bertz CT molecular complexity index is 498. The van der Waals surface area contributed by atoms with Gasteiger partial charge < -0.3 is 9.84 Å². The summed E-state index contributed by atoms with van der Waals surface area (Å²) in [5.41, 5.74) is 0.249. The van der Waals surface area contributed by atoms with Crippen LogP contribution in [0.4, 0.5) is 0 Å². The maximum Gasteiger partial charge on any atom is 0.339 e. The lowest BCUT2D eigenvalue weighted by Crippen LogP contribution is -2.04. The molecule has 1 rings (SSSR count). The van der Waals surface area contributed by atoms with Crippen LogP contribution in [0, 0.1) is 0 Å². The van der Waals surface area contributed by atoms with Crippen molar-refractivity contribution in [2.75, 3.05) is 6.61 Å². The fraction of sp³-hybridized carbons (Fsp3) is 0.720. The van der Waals surface area contributed by atoms with Crippen LogP contribution in [0.2, 0.25) is 0 Å². The smallest absolute Gasteiger partial charge is 0.339 e. The Morgan fingerprint density at radius 3 is 1.61 bits per heavy atom. The molecule has 0 aliphatic carbocycles. The predicted molar refractivity (Wildman–Crippen MR) is 118 cm³/mol. The summed E-state index contributed by atoms with van der Waals surface area (Å²) in [4.78, 5) is 11.1. The zero-order valence-electron chi connectivity index (χ0n) is 18.1. The Hall–Kier alpha value is -1.51. The monoisotopic (exact) mass is 390 g/mol. The van der Waals surface area contributed by atoms with Crippen LogP contribution in [0.1, 0.15) is 120 Å². The average Bonchev–Trinajstić information content (AvgIpc) is 2.70. The van der Waals surface area contributed by atoms with Crippen LogP contribution in [0.15, 0.2) is 24.3 Å². The summed E-state index contributed by atoms with van der Waals surface area (Å²) in [6.45, 7) is 2.88. The van der Waals surface area contributed by atoms with Crippen molar-refractivity contribution in [1.29, 1.82) is 0 Å². The van der Waals surface area contributed by atoms with Gasteiger partial charge in [-0.15, -0.1) is 0 Å². The topological polar surface area (TPSA) is 46.5 Å². The maximum atomic E-state index is 11.1. The van der Waals surface area contributed by atoms with Gasteiger partial charge in [0.05, 0.1) is 6.61 Å². The quantitative estimate of drug-likeness (QED) is 0.243. The lowest BCUT2D eigenvalue weighted by atomic mass is 10.0. The van der Waals surface area contributed by atoms with Crippen molar-refractivity contribution in [1.82, 2.24) is 0 Å². The molecule has 1 N–H and O–H groups in total.